The van der Waals surface area contributed by atoms with E-state index in [2.05, 4.69) is 10.4 Å². The van der Waals surface area contributed by atoms with E-state index in [-0.39, 0.29) is 35.9 Å². The lowest BCUT2D eigenvalue weighted by molar-refractivity contribution is -0.131. The van der Waals surface area contributed by atoms with Gasteiger partial charge in [-0.2, -0.15) is 5.10 Å². The number of nitrogens with two attached hydrogens (primary N) is 1. The van der Waals surface area contributed by atoms with Crippen LogP contribution in [0.5, 0.6) is 0 Å². The van der Waals surface area contributed by atoms with Crippen LogP contribution in [0.3, 0.4) is 0 Å². The summed E-state index contributed by atoms with van der Waals surface area (Å²) in [5.41, 5.74) is 5.86. The van der Waals surface area contributed by atoms with Crippen molar-refractivity contribution >= 4 is 23.5 Å². The topological polar surface area (TPSA) is 93.2 Å². The lowest BCUT2D eigenvalue weighted by Gasteiger charge is -2.48. The maximum absolute atomic E-state index is 13.5. The maximum atomic E-state index is 13.5. The second-order valence-corrected chi connectivity index (χ2v) is 8.49. The van der Waals surface area contributed by atoms with Crippen molar-refractivity contribution in [3.05, 3.63) is 40.3 Å². The number of aromatic nitrogens is 2. The molecule has 1 aliphatic heterocycles. The normalized spacial score (nSPS) is 18.8. The van der Waals surface area contributed by atoms with Gasteiger partial charge in [-0.3, -0.25) is 9.48 Å². The summed E-state index contributed by atoms with van der Waals surface area (Å²) < 4.78 is 41.9. The van der Waals surface area contributed by atoms with Crippen LogP contribution in [0.25, 0.3) is 11.3 Å². The zero-order chi connectivity index (χ0) is 22.6. The van der Waals surface area contributed by atoms with Crippen LogP contribution in [-0.2, 0) is 13.1 Å². The molecular formula is C20H21ClF3N5O2. The van der Waals surface area contributed by atoms with Crippen LogP contribution in [0.15, 0.2) is 18.2 Å². The lowest BCUT2D eigenvalue weighted by Crippen LogP contribution is -2.64. The molecule has 166 valence electrons. The van der Waals surface area contributed by atoms with E-state index in [9.17, 15) is 22.8 Å². The number of benzene rings is 1. The van der Waals surface area contributed by atoms with Crippen molar-refractivity contribution in [2.45, 2.75) is 50.7 Å². The predicted octanol–water partition coefficient (Wildman–Crippen LogP) is 3.54. The molecule has 2 heterocycles. The summed E-state index contributed by atoms with van der Waals surface area (Å²) in [5.74, 6) is -4.12. The molecule has 0 atom stereocenters. The molecule has 1 fully saturated rings. The number of nitrogens with zero attached hydrogens (tertiary/aromatic N) is 3. The van der Waals surface area contributed by atoms with Gasteiger partial charge in [0.15, 0.2) is 0 Å². The largest absolute Gasteiger partial charge is 0.365 e. The monoisotopic (exact) mass is 455 g/mol. The fourth-order valence-corrected chi connectivity index (χ4v) is 4.45. The molecule has 0 bridgehead atoms. The molecule has 0 saturated heterocycles. The SMILES string of the molecule is CCC1(NC(=O)N2CCn3nc(-c4ccc(F)c(Cl)c4)c(C(N)=O)c3C2)CC(F)(F)C1. The van der Waals surface area contributed by atoms with E-state index in [1.807, 2.05) is 0 Å². The fraction of sp³-hybridized carbons (Fsp3) is 0.450. The van der Waals surface area contributed by atoms with Gasteiger partial charge in [-0.15, -0.1) is 0 Å². The molecule has 1 saturated carbocycles. The molecule has 2 aromatic rings. The van der Waals surface area contributed by atoms with Gasteiger partial charge in [0.25, 0.3) is 11.8 Å². The molecule has 2 aliphatic rings. The van der Waals surface area contributed by atoms with E-state index in [1.54, 1.807) is 11.6 Å². The molecule has 1 aromatic heterocycles. The molecule has 7 nitrogen and oxygen atoms in total. The van der Waals surface area contributed by atoms with E-state index in [4.69, 9.17) is 17.3 Å². The number of urea groups is 1. The lowest BCUT2D eigenvalue weighted by atomic mass is 9.71. The number of nitrogens with one attached hydrogen (secondary N) is 1. The second kappa shape index (κ2) is 7.44. The van der Waals surface area contributed by atoms with Gasteiger partial charge in [0.05, 0.1) is 34.9 Å². The highest BCUT2D eigenvalue weighted by Crippen LogP contribution is 2.47. The van der Waals surface area contributed by atoms with Gasteiger partial charge >= 0.3 is 6.03 Å². The van der Waals surface area contributed by atoms with Gasteiger partial charge in [-0.1, -0.05) is 18.5 Å². The highest BCUT2D eigenvalue weighted by Gasteiger charge is 2.56. The van der Waals surface area contributed by atoms with E-state index < -0.39 is 42.1 Å². The van der Waals surface area contributed by atoms with Crippen LogP contribution >= 0.6 is 11.6 Å². The van der Waals surface area contributed by atoms with Crippen molar-refractivity contribution in [2.75, 3.05) is 6.54 Å². The maximum Gasteiger partial charge on any atom is 0.318 e. The Balaban J connectivity index is 1.60. The zero-order valence-electron chi connectivity index (χ0n) is 16.7. The van der Waals surface area contributed by atoms with Crippen molar-refractivity contribution in [3.8, 4) is 11.3 Å². The molecule has 0 spiro atoms. The summed E-state index contributed by atoms with van der Waals surface area (Å²) in [7, 11) is 0. The summed E-state index contributed by atoms with van der Waals surface area (Å²) in [6, 6.07) is 3.48. The number of hydrogen-bond acceptors (Lipinski definition) is 3. The Hall–Kier alpha value is -2.75. The average Bonchev–Trinajstić information content (AvgIpc) is 3.07. The minimum atomic E-state index is -2.77. The standard InChI is InChI=1S/C20H21ClF3N5O2/c1-2-19(9-20(23,24)10-19)26-18(31)28-5-6-29-14(8-28)15(17(25)30)16(27-29)11-3-4-13(22)12(21)7-11/h3-4,7H,2,5-6,8-10H2,1H3,(H2,25,30)(H,26,31). The third kappa shape index (κ3) is 3.84. The van der Waals surface area contributed by atoms with Crippen LogP contribution in [0.2, 0.25) is 5.02 Å². The number of rotatable bonds is 4. The van der Waals surface area contributed by atoms with Gasteiger partial charge in [0.2, 0.25) is 0 Å². The van der Waals surface area contributed by atoms with E-state index >= 15 is 0 Å². The Bertz CT molecular complexity index is 1060. The number of carbonyl (C=O) groups is 2. The van der Waals surface area contributed by atoms with E-state index in [1.165, 1.54) is 23.1 Å². The first kappa shape index (κ1) is 21.5. The van der Waals surface area contributed by atoms with Gasteiger partial charge in [0.1, 0.15) is 11.5 Å². The molecular weight excluding hydrogens is 435 g/mol. The second-order valence-electron chi connectivity index (χ2n) is 8.08. The van der Waals surface area contributed by atoms with Crippen LogP contribution < -0.4 is 11.1 Å². The van der Waals surface area contributed by atoms with Crippen molar-refractivity contribution in [2.24, 2.45) is 5.73 Å². The molecule has 1 aliphatic carbocycles. The Morgan fingerprint density at radius 3 is 2.58 bits per heavy atom. The van der Waals surface area contributed by atoms with Crippen molar-refractivity contribution in [1.82, 2.24) is 20.0 Å². The highest BCUT2D eigenvalue weighted by molar-refractivity contribution is 6.31. The number of carbonyl (C=O) groups excluding carboxylic acids is 2. The van der Waals surface area contributed by atoms with E-state index in [0.717, 1.165) is 0 Å². The molecule has 0 unspecified atom stereocenters. The van der Waals surface area contributed by atoms with Crippen LogP contribution in [-0.4, -0.2) is 44.6 Å². The fourth-order valence-electron chi connectivity index (χ4n) is 4.27. The first-order chi connectivity index (χ1) is 14.5. The molecule has 3 amide bonds. The Morgan fingerprint density at radius 2 is 2.00 bits per heavy atom. The minimum Gasteiger partial charge on any atom is -0.365 e. The van der Waals surface area contributed by atoms with Crippen LogP contribution in [0.4, 0.5) is 18.0 Å². The molecule has 3 N–H and O–H groups in total. The average molecular weight is 456 g/mol. The molecule has 0 radical (unpaired) electrons. The Labute approximate surface area is 181 Å². The number of primary amides is 1. The van der Waals surface area contributed by atoms with E-state index in [0.29, 0.717) is 17.7 Å². The summed E-state index contributed by atoms with van der Waals surface area (Å²) in [6.45, 7) is 2.35. The van der Waals surface area contributed by atoms with Gasteiger partial charge in [-0.25, -0.2) is 18.0 Å². The number of hydrogen-bond donors (Lipinski definition) is 2. The third-order valence-electron chi connectivity index (χ3n) is 5.95. The minimum absolute atomic E-state index is 0.0300. The van der Waals surface area contributed by atoms with Crippen molar-refractivity contribution < 1.29 is 22.8 Å². The number of alkyl halides is 2. The highest BCUT2D eigenvalue weighted by atomic mass is 35.5. The molecule has 31 heavy (non-hydrogen) atoms. The Kier molecular flexibility index (Phi) is 5.15. The van der Waals surface area contributed by atoms with Crippen LogP contribution in [0.1, 0.15) is 42.2 Å². The van der Waals surface area contributed by atoms with Gasteiger partial charge in [-0.05, 0) is 24.6 Å². The number of halogens is 4. The summed E-state index contributed by atoms with van der Waals surface area (Å²) in [6.07, 6.45) is -0.395. The van der Waals surface area contributed by atoms with Crippen LogP contribution in [0, 0.1) is 5.82 Å². The molecule has 4 rings (SSSR count). The summed E-state index contributed by atoms with van der Waals surface area (Å²) in [5, 5.41) is 7.04. The van der Waals surface area contributed by atoms with Gasteiger partial charge in [0, 0.05) is 24.9 Å². The quantitative estimate of drug-likeness (QED) is 0.738. The number of fused-ring (bicyclic) bond motifs is 1. The summed E-state index contributed by atoms with van der Waals surface area (Å²) >= 11 is 5.86. The van der Waals surface area contributed by atoms with Crippen molar-refractivity contribution in [1.29, 1.82) is 0 Å². The third-order valence-corrected chi connectivity index (χ3v) is 6.24. The smallest absolute Gasteiger partial charge is 0.318 e. The zero-order valence-corrected chi connectivity index (χ0v) is 17.5. The van der Waals surface area contributed by atoms with Gasteiger partial charge < -0.3 is 16.0 Å². The summed E-state index contributed by atoms with van der Waals surface area (Å²) in [4.78, 5) is 26.5. The van der Waals surface area contributed by atoms with Crippen molar-refractivity contribution in [3.63, 3.8) is 0 Å². The Morgan fingerprint density at radius 1 is 1.29 bits per heavy atom. The molecule has 1 aromatic carbocycles. The first-order valence-electron chi connectivity index (χ1n) is 9.84. The number of amides is 3. The predicted molar refractivity (Wildman–Crippen MR) is 107 cm³/mol. The first-order valence-corrected chi connectivity index (χ1v) is 10.2. The molecule has 11 heteroatoms.